The number of nitrogens with zero attached hydrogens (tertiary/aromatic N) is 10. The largest absolute Gasteiger partial charge is 0.778 e. The van der Waals surface area contributed by atoms with E-state index < -0.39 is 148 Å². The predicted molar refractivity (Wildman–Crippen MR) is 260 cm³/mol. The van der Waals surface area contributed by atoms with Crippen LogP contribution in [0.2, 0.25) is 0 Å². The molecule has 17 atom stereocenters. The molecule has 0 aliphatic carbocycles. The van der Waals surface area contributed by atoms with Gasteiger partial charge in [0.2, 0.25) is 24.5 Å². The second-order valence-corrected chi connectivity index (χ2v) is 27.3. The number of hydrogen-bond acceptors (Lipinski definition) is 30. The van der Waals surface area contributed by atoms with Gasteiger partial charge in [0.15, 0.2) is 41.0 Å². The summed E-state index contributed by atoms with van der Waals surface area (Å²) in [4.78, 5) is 110. The molecular formula is C35H50N15O25P5. The van der Waals surface area contributed by atoms with Crippen LogP contribution in [-0.2, 0) is 75.7 Å². The van der Waals surface area contributed by atoms with Crippen LogP contribution in [-0.4, -0.2) is 183 Å². The lowest BCUT2D eigenvalue weighted by molar-refractivity contribution is -0.646. The van der Waals surface area contributed by atoms with Crippen molar-refractivity contribution in [3.63, 3.8) is 0 Å². The number of aromatic nitrogens is 12. The first kappa shape index (κ1) is 59.7. The minimum Gasteiger partial charge on any atom is -0.778 e. The summed E-state index contributed by atoms with van der Waals surface area (Å²) in [7, 11) is -25.5. The summed E-state index contributed by atoms with van der Waals surface area (Å²) in [6, 6.07) is 0. The van der Waals surface area contributed by atoms with E-state index >= 15 is 0 Å². The van der Waals surface area contributed by atoms with E-state index in [2.05, 4.69) is 48.5 Å². The molecule has 0 amide bonds. The van der Waals surface area contributed by atoms with Gasteiger partial charge in [0.05, 0.1) is 64.0 Å². The summed E-state index contributed by atoms with van der Waals surface area (Å²) in [6.07, 6.45) is -11.8. The van der Waals surface area contributed by atoms with E-state index in [0.29, 0.717) is 0 Å². The second-order valence-electron chi connectivity index (χ2n) is 18.0. The number of ether oxygens (including phenoxy) is 5. The molecule has 0 bridgehead atoms. The van der Waals surface area contributed by atoms with E-state index in [0.717, 1.165) is 35.2 Å². The molecule has 40 nitrogen and oxygen atoms in total. The van der Waals surface area contributed by atoms with Crippen LogP contribution in [0.3, 0.4) is 0 Å². The van der Waals surface area contributed by atoms with Crippen LogP contribution in [0.25, 0.3) is 33.5 Å². The third-order valence-electron chi connectivity index (χ3n) is 12.7. The van der Waals surface area contributed by atoms with Crippen molar-refractivity contribution in [2.24, 2.45) is 13.0 Å². The molecule has 0 saturated carbocycles. The molecule has 9 rings (SSSR count). The molecule has 6 aromatic rings. The zero-order valence-corrected chi connectivity index (χ0v) is 45.7. The highest BCUT2D eigenvalue weighted by atomic mass is 31.3. The average molecular weight is 1240 g/mol. The lowest BCUT2D eigenvalue weighted by Crippen LogP contribution is -2.40. The number of aliphatic hydroxyl groups is 3. The third-order valence-corrected chi connectivity index (χ3v) is 22.0. The second kappa shape index (κ2) is 22.3. The number of H-pyrrole nitrogens is 2. The molecule has 45 heteroatoms. The Bertz CT molecular complexity index is 3690. The molecule has 9 heterocycles. The van der Waals surface area contributed by atoms with Crippen molar-refractivity contribution in [3.05, 3.63) is 46.0 Å². The van der Waals surface area contributed by atoms with Crippen LogP contribution in [0.15, 0.2) is 34.9 Å². The first-order chi connectivity index (χ1) is 37.4. The Labute approximate surface area is 445 Å². The van der Waals surface area contributed by atoms with Crippen LogP contribution in [0.5, 0.6) is 0 Å². The summed E-state index contributed by atoms with van der Waals surface area (Å²) < 4.78 is 124. The number of phosphoric ester groups is 2. The van der Waals surface area contributed by atoms with Gasteiger partial charge >= 0.3 is 36.4 Å². The number of nitrogen functional groups attached to an aromatic ring is 3. The van der Waals surface area contributed by atoms with E-state index in [1.165, 1.54) is 29.6 Å². The zero-order chi connectivity index (χ0) is 58.2. The van der Waals surface area contributed by atoms with Crippen LogP contribution in [0.1, 0.15) is 18.7 Å². The van der Waals surface area contributed by atoms with Gasteiger partial charge in [0.25, 0.3) is 16.7 Å². The molecule has 0 radical (unpaired) electrons. The number of phosphoric acid groups is 2. The minimum absolute atomic E-state index is 0.00665. The van der Waals surface area contributed by atoms with Gasteiger partial charge in [-0.25, -0.2) is 42.3 Å². The van der Waals surface area contributed by atoms with Crippen molar-refractivity contribution < 1.29 is 113 Å². The quantitative estimate of drug-likeness (QED) is 0.0227. The maximum atomic E-state index is 14.3. The van der Waals surface area contributed by atoms with Crippen molar-refractivity contribution in [2.75, 3.05) is 63.8 Å². The minimum atomic E-state index is -6.02. The van der Waals surface area contributed by atoms with Gasteiger partial charge in [-0.1, -0.05) is 0 Å². The van der Waals surface area contributed by atoms with Crippen molar-refractivity contribution in [3.8, 4) is 0 Å². The number of aromatic amines is 2. The van der Waals surface area contributed by atoms with Gasteiger partial charge in [-0.3, -0.25) is 46.9 Å². The Morgan fingerprint density at radius 1 is 0.675 bits per heavy atom. The molecular weight excluding hydrogens is 1190 g/mol. The summed E-state index contributed by atoms with van der Waals surface area (Å²) in [5.41, 5.74) is 13.4. The van der Waals surface area contributed by atoms with Crippen LogP contribution >= 0.6 is 38.4 Å². The molecule has 440 valence electrons. The van der Waals surface area contributed by atoms with E-state index in [4.69, 9.17) is 54.5 Å². The number of anilines is 3. The Kier molecular flexibility index (Phi) is 16.7. The summed E-state index contributed by atoms with van der Waals surface area (Å²) >= 11 is 0. The summed E-state index contributed by atoms with van der Waals surface area (Å²) in [5, 5.41) is 33.2. The van der Waals surface area contributed by atoms with E-state index in [1.54, 1.807) is 0 Å². The number of aliphatic hydroxyl groups excluding tert-OH is 3. The van der Waals surface area contributed by atoms with Gasteiger partial charge < -0.3 is 89.8 Å². The predicted octanol–water partition coefficient (Wildman–Crippen LogP) is -4.14. The Morgan fingerprint density at radius 3 is 1.86 bits per heavy atom. The maximum Gasteiger partial charge on any atom is 0.479 e. The lowest BCUT2D eigenvalue weighted by Gasteiger charge is -2.35. The molecule has 3 aliphatic heterocycles. The first-order valence-corrected chi connectivity index (χ1v) is 31.0. The van der Waals surface area contributed by atoms with Crippen LogP contribution in [0.4, 0.5) is 17.7 Å². The highest BCUT2D eigenvalue weighted by molar-refractivity contribution is 7.76. The maximum absolute atomic E-state index is 14.3. The molecule has 15 N–H and O–H groups in total. The average Bonchev–Trinajstić information content (AvgIpc) is 4.21. The number of fused-ring (bicyclic) bond motifs is 3. The SMILES string of the molecule is COC[C@H]1[C@@H](O)[C@H](n2c[n+](C)c3c(=O)[nH]c(N)nc32)O[C@@H]1COP(=O)(O)OP(=O)(O)CP(=O)(O)OP(=O)(O)OCC1O[C@@H](n2cnc3c(N)ncnc32)[C@H](OC)[C@@H]1P(=O)([O-])OC[C@H]1O[C@@H](n2cnc3c(=O)[nH]c(N)nc32)[C@H](O)[C@@H]1O. The highest BCUT2D eigenvalue weighted by Gasteiger charge is 2.55. The normalized spacial score (nSPS) is 30.1. The van der Waals surface area contributed by atoms with Gasteiger partial charge in [0.1, 0.15) is 50.0 Å². The van der Waals surface area contributed by atoms with E-state index in [-0.39, 0.29) is 57.8 Å². The Balaban J connectivity index is 0.868. The van der Waals surface area contributed by atoms with Gasteiger partial charge in [-0.15, -0.1) is 0 Å². The molecule has 0 aromatic carbocycles. The summed E-state index contributed by atoms with van der Waals surface area (Å²) in [5.74, 6) is -3.97. The number of aryl methyl sites for hydroxylation is 1. The number of methoxy groups -OCH3 is 2. The van der Waals surface area contributed by atoms with Gasteiger partial charge in [-0.2, -0.15) is 14.5 Å². The van der Waals surface area contributed by atoms with E-state index in [9.17, 15) is 72.2 Å². The van der Waals surface area contributed by atoms with Crippen molar-refractivity contribution >= 4 is 89.6 Å². The number of imidazole rings is 3. The number of hydrogen-bond donors (Lipinski definition) is 12. The fraction of sp³-hybridized carbons (Fsp3) is 0.571. The van der Waals surface area contributed by atoms with Crippen molar-refractivity contribution in [1.29, 1.82) is 0 Å². The summed E-state index contributed by atoms with van der Waals surface area (Å²) in [6.45, 7) is -3.66. The standard InChI is InChI=1S/C35H50N15O25P5/c1-47-11-50(28-19(47)30(55)46-35(38)44-28)31-20(51)13(4-66-2)14(71-31)5-69-79(62,63)74-76(56,57)12-77(58,59)75-80(64,65)70-7-16-24(23(67-3)33(73-16)48-9-41-17-25(36)39-8-40-26(17)48)78(60,61)68-6-15-21(52)22(53)32(72-15)49-10-42-18-27(49)43-34(37)45-29(18)54/h8-11,13-16,20-24,31-33,51-53H,4-7,12H2,1-3H3,(H12-,36,37,38,39,40,43,44,45,46,54,55,56,57,58,59,60,61,62,63,64,65)/t13-,14-,15-,16?,20-,21-,22-,23-,24-,31-,32-,33-/m1/s1. The molecule has 3 fully saturated rings. The highest BCUT2D eigenvalue weighted by Crippen LogP contribution is 2.70. The molecule has 6 unspecified atom stereocenters. The molecule has 0 spiro atoms. The smallest absolute Gasteiger partial charge is 0.479 e. The monoisotopic (exact) mass is 1240 g/mol. The fourth-order valence-electron chi connectivity index (χ4n) is 9.28. The Morgan fingerprint density at radius 2 is 1.23 bits per heavy atom. The molecule has 3 saturated heterocycles. The third kappa shape index (κ3) is 12.0. The fourth-order valence-corrected chi connectivity index (χ4v) is 17.8. The first-order valence-electron chi connectivity index (χ1n) is 22.8. The van der Waals surface area contributed by atoms with E-state index in [1.807, 2.05) is 0 Å². The van der Waals surface area contributed by atoms with Crippen molar-refractivity contribution in [2.45, 2.75) is 67.1 Å². The lowest BCUT2D eigenvalue weighted by atomic mass is 9.99. The van der Waals surface area contributed by atoms with Gasteiger partial charge in [-0.05, 0) is 0 Å². The molecule has 80 heavy (non-hydrogen) atoms. The topological polar surface area (TPSA) is 582 Å². The van der Waals surface area contributed by atoms with Gasteiger partial charge in [0, 0.05) is 20.1 Å². The van der Waals surface area contributed by atoms with Crippen LogP contribution < -0.4 is 37.8 Å². The van der Waals surface area contributed by atoms with Crippen molar-refractivity contribution in [1.82, 2.24) is 53.6 Å². The Hall–Kier alpha value is -4.92. The zero-order valence-electron chi connectivity index (χ0n) is 41.2. The molecule has 6 aromatic heterocycles. The number of rotatable bonds is 22. The molecule has 3 aliphatic rings. The van der Waals surface area contributed by atoms with Crippen LogP contribution in [0, 0.1) is 5.92 Å². The number of nitrogens with two attached hydrogens (primary N) is 3. The number of nitrogens with one attached hydrogen (secondary N) is 2.